The van der Waals surface area contributed by atoms with Gasteiger partial charge in [0.15, 0.2) is 0 Å². The van der Waals surface area contributed by atoms with Crippen LogP contribution in [0.15, 0.2) is 36.5 Å². The molecule has 0 bridgehead atoms. The molecular formula is C13H11F3N2O2. The summed E-state index contributed by atoms with van der Waals surface area (Å²) in [5, 5.41) is 11.7. The minimum Gasteiger partial charge on any atom is -0.480 e. The number of pyridine rings is 1. The summed E-state index contributed by atoms with van der Waals surface area (Å²) in [6.45, 7) is -1.37. The smallest absolute Gasteiger partial charge is 0.401 e. The first-order valence-corrected chi connectivity index (χ1v) is 5.74. The molecule has 0 aliphatic rings. The topological polar surface area (TPSA) is 62.2 Å². The number of rotatable bonds is 4. The number of benzene rings is 1. The fraction of sp³-hybridized carbons (Fsp3) is 0.231. The Morgan fingerprint density at radius 1 is 1.35 bits per heavy atom. The van der Waals surface area contributed by atoms with Crippen molar-refractivity contribution in [2.75, 3.05) is 6.54 Å². The molecular weight excluding hydrogens is 273 g/mol. The monoisotopic (exact) mass is 284 g/mol. The number of fused-ring (bicyclic) bond motifs is 1. The number of aliphatic carboxylic acids is 1. The van der Waals surface area contributed by atoms with E-state index >= 15 is 0 Å². The molecule has 0 saturated heterocycles. The van der Waals surface area contributed by atoms with E-state index in [-0.39, 0.29) is 5.56 Å². The number of carbonyl (C=O) groups is 1. The van der Waals surface area contributed by atoms with Gasteiger partial charge in [-0.25, -0.2) is 0 Å². The molecule has 7 heteroatoms. The van der Waals surface area contributed by atoms with E-state index in [1.165, 1.54) is 12.1 Å². The van der Waals surface area contributed by atoms with Gasteiger partial charge < -0.3 is 5.11 Å². The summed E-state index contributed by atoms with van der Waals surface area (Å²) in [5.74, 6) is -1.36. The lowest BCUT2D eigenvalue weighted by Crippen LogP contribution is -2.36. The van der Waals surface area contributed by atoms with E-state index in [1.54, 1.807) is 24.4 Å². The second-order valence-corrected chi connectivity index (χ2v) is 4.22. The van der Waals surface area contributed by atoms with Crippen LogP contribution in [0.2, 0.25) is 0 Å². The Bertz CT molecular complexity index is 628. The summed E-state index contributed by atoms with van der Waals surface area (Å²) < 4.78 is 36.5. The van der Waals surface area contributed by atoms with Gasteiger partial charge in [-0.2, -0.15) is 13.2 Å². The largest absolute Gasteiger partial charge is 0.480 e. The van der Waals surface area contributed by atoms with Gasteiger partial charge >= 0.3 is 12.1 Å². The van der Waals surface area contributed by atoms with Crippen molar-refractivity contribution in [1.82, 2.24) is 10.3 Å². The fourth-order valence-electron chi connectivity index (χ4n) is 1.84. The first-order chi connectivity index (χ1) is 9.37. The van der Waals surface area contributed by atoms with Gasteiger partial charge in [-0.05, 0) is 23.8 Å². The van der Waals surface area contributed by atoms with Crippen LogP contribution >= 0.6 is 0 Å². The van der Waals surface area contributed by atoms with Crippen LogP contribution in [-0.2, 0) is 4.79 Å². The Morgan fingerprint density at radius 2 is 2.10 bits per heavy atom. The SMILES string of the molecule is O=C(O)C(NCC(F)(F)F)c1ccc2ncccc2c1. The number of aromatic nitrogens is 1. The van der Waals surface area contributed by atoms with Gasteiger partial charge in [-0.15, -0.1) is 0 Å². The number of nitrogens with zero attached hydrogens (tertiary/aromatic N) is 1. The van der Waals surface area contributed by atoms with Crippen molar-refractivity contribution in [2.24, 2.45) is 0 Å². The van der Waals surface area contributed by atoms with Crippen LogP contribution in [0.3, 0.4) is 0 Å². The van der Waals surface area contributed by atoms with Crippen molar-refractivity contribution in [3.63, 3.8) is 0 Å². The van der Waals surface area contributed by atoms with Crippen LogP contribution < -0.4 is 5.32 Å². The van der Waals surface area contributed by atoms with Crippen molar-refractivity contribution in [3.05, 3.63) is 42.1 Å². The van der Waals surface area contributed by atoms with Crippen molar-refractivity contribution in [2.45, 2.75) is 12.2 Å². The average Bonchev–Trinajstić information content (AvgIpc) is 2.37. The third-order valence-electron chi connectivity index (χ3n) is 2.71. The van der Waals surface area contributed by atoms with Crippen molar-refractivity contribution in [1.29, 1.82) is 0 Å². The number of nitrogens with one attached hydrogen (secondary N) is 1. The van der Waals surface area contributed by atoms with Crippen molar-refractivity contribution in [3.8, 4) is 0 Å². The van der Waals surface area contributed by atoms with Crippen LogP contribution in [0.4, 0.5) is 13.2 Å². The van der Waals surface area contributed by atoms with Crippen molar-refractivity contribution < 1.29 is 23.1 Å². The highest BCUT2D eigenvalue weighted by atomic mass is 19.4. The lowest BCUT2D eigenvalue weighted by molar-refractivity contribution is -0.143. The normalized spacial score (nSPS) is 13.3. The van der Waals surface area contributed by atoms with Crippen LogP contribution in [0.25, 0.3) is 10.9 Å². The highest BCUT2D eigenvalue weighted by Crippen LogP contribution is 2.21. The molecule has 106 valence electrons. The number of hydrogen-bond donors (Lipinski definition) is 2. The molecule has 0 aliphatic carbocycles. The summed E-state index contributed by atoms with van der Waals surface area (Å²) >= 11 is 0. The van der Waals surface area contributed by atoms with E-state index in [9.17, 15) is 18.0 Å². The Labute approximate surface area is 112 Å². The molecule has 1 unspecified atom stereocenters. The van der Waals surface area contributed by atoms with E-state index in [0.717, 1.165) is 0 Å². The Kier molecular flexibility index (Phi) is 3.89. The number of hydrogen-bond acceptors (Lipinski definition) is 3. The molecule has 2 rings (SSSR count). The molecule has 0 saturated carbocycles. The molecule has 2 aromatic rings. The first kappa shape index (κ1) is 14.3. The van der Waals surface area contributed by atoms with E-state index in [1.807, 2.05) is 5.32 Å². The Hall–Kier alpha value is -2.15. The highest BCUT2D eigenvalue weighted by molar-refractivity contribution is 5.82. The molecule has 20 heavy (non-hydrogen) atoms. The van der Waals surface area contributed by atoms with E-state index in [4.69, 9.17) is 5.11 Å². The summed E-state index contributed by atoms with van der Waals surface area (Å²) in [7, 11) is 0. The first-order valence-electron chi connectivity index (χ1n) is 5.74. The molecule has 1 aromatic heterocycles. The third kappa shape index (κ3) is 3.45. The summed E-state index contributed by atoms with van der Waals surface area (Å²) in [4.78, 5) is 15.2. The molecule has 1 aromatic carbocycles. The third-order valence-corrected chi connectivity index (χ3v) is 2.71. The molecule has 0 amide bonds. The highest BCUT2D eigenvalue weighted by Gasteiger charge is 2.30. The van der Waals surface area contributed by atoms with Gasteiger partial charge in [0.2, 0.25) is 0 Å². The van der Waals surface area contributed by atoms with Crippen LogP contribution in [-0.4, -0.2) is 28.8 Å². The van der Waals surface area contributed by atoms with Crippen molar-refractivity contribution >= 4 is 16.9 Å². The molecule has 1 heterocycles. The zero-order valence-corrected chi connectivity index (χ0v) is 10.2. The standard InChI is InChI=1S/C13H11F3N2O2/c14-13(15,16)7-18-11(12(19)20)9-3-4-10-8(6-9)2-1-5-17-10/h1-6,11,18H,7H2,(H,19,20). The quantitative estimate of drug-likeness (QED) is 0.905. The minimum absolute atomic E-state index is 0.252. The van der Waals surface area contributed by atoms with Gasteiger partial charge in [0.05, 0.1) is 12.1 Å². The number of alkyl halides is 3. The van der Waals surface area contributed by atoms with E-state index < -0.39 is 24.7 Å². The lowest BCUT2D eigenvalue weighted by atomic mass is 10.0. The second-order valence-electron chi connectivity index (χ2n) is 4.22. The maximum Gasteiger partial charge on any atom is 0.401 e. The van der Waals surface area contributed by atoms with Gasteiger partial charge in [0.25, 0.3) is 0 Å². The molecule has 0 aliphatic heterocycles. The molecule has 0 radical (unpaired) electrons. The van der Waals surface area contributed by atoms with Gasteiger partial charge in [0.1, 0.15) is 6.04 Å². The van der Waals surface area contributed by atoms with Gasteiger partial charge in [-0.1, -0.05) is 12.1 Å². The van der Waals surface area contributed by atoms with Crippen LogP contribution in [0, 0.1) is 0 Å². The number of carboxylic acid groups (broad SMARTS) is 1. The number of carboxylic acids is 1. The maximum atomic E-state index is 12.2. The lowest BCUT2D eigenvalue weighted by Gasteiger charge is -2.16. The molecule has 1 atom stereocenters. The van der Waals surface area contributed by atoms with E-state index in [2.05, 4.69) is 4.98 Å². The van der Waals surface area contributed by atoms with E-state index in [0.29, 0.717) is 10.9 Å². The Balaban J connectivity index is 2.29. The second kappa shape index (κ2) is 5.46. The molecule has 0 fully saturated rings. The zero-order chi connectivity index (χ0) is 14.8. The van der Waals surface area contributed by atoms with Crippen LogP contribution in [0.1, 0.15) is 11.6 Å². The molecule has 2 N–H and O–H groups in total. The van der Waals surface area contributed by atoms with Crippen LogP contribution in [0.5, 0.6) is 0 Å². The summed E-state index contributed by atoms with van der Waals surface area (Å²) in [6, 6.07) is 6.53. The summed E-state index contributed by atoms with van der Waals surface area (Å²) in [6.07, 6.45) is -2.88. The van der Waals surface area contributed by atoms with Gasteiger partial charge in [-0.3, -0.25) is 15.1 Å². The Morgan fingerprint density at radius 3 is 2.75 bits per heavy atom. The molecule has 4 nitrogen and oxygen atoms in total. The fourth-order valence-corrected chi connectivity index (χ4v) is 1.84. The molecule has 0 spiro atoms. The summed E-state index contributed by atoms with van der Waals surface area (Å²) in [5.41, 5.74) is 0.901. The number of halogens is 3. The predicted octanol–water partition coefficient (Wildman–Crippen LogP) is 2.51. The zero-order valence-electron chi connectivity index (χ0n) is 10.2. The predicted molar refractivity (Wildman–Crippen MR) is 66.2 cm³/mol. The minimum atomic E-state index is -4.47. The van der Waals surface area contributed by atoms with Gasteiger partial charge in [0, 0.05) is 11.6 Å². The maximum absolute atomic E-state index is 12.2. The average molecular weight is 284 g/mol.